The van der Waals surface area contributed by atoms with E-state index in [1.165, 1.54) is 0 Å². The SMILES string of the molecule is CCC(C)(CC)NCC(=O)NC(N)=O. The van der Waals surface area contributed by atoms with Gasteiger partial charge in [0.1, 0.15) is 0 Å². The van der Waals surface area contributed by atoms with E-state index < -0.39 is 11.9 Å². The second-order valence-corrected chi connectivity index (χ2v) is 3.53. The Morgan fingerprint density at radius 3 is 2.14 bits per heavy atom. The minimum atomic E-state index is -0.813. The van der Waals surface area contributed by atoms with E-state index in [4.69, 9.17) is 5.73 Å². The molecule has 0 radical (unpaired) electrons. The summed E-state index contributed by atoms with van der Waals surface area (Å²) in [5.41, 5.74) is 4.74. The molecule has 14 heavy (non-hydrogen) atoms. The van der Waals surface area contributed by atoms with E-state index in [1.807, 2.05) is 26.1 Å². The van der Waals surface area contributed by atoms with Crippen LogP contribution in [-0.4, -0.2) is 24.0 Å². The van der Waals surface area contributed by atoms with Crippen LogP contribution in [0.1, 0.15) is 33.6 Å². The van der Waals surface area contributed by atoms with Crippen LogP contribution < -0.4 is 16.4 Å². The molecule has 0 heterocycles. The molecule has 0 saturated carbocycles. The Bertz CT molecular complexity index is 212. The molecule has 3 amide bonds. The van der Waals surface area contributed by atoms with Crippen LogP contribution in [0.2, 0.25) is 0 Å². The molecule has 0 unspecified atom stereocenters. The maximum atomic E-state index is 11.1. The van der Waals surface area contributed by atoms with Gasteiger partial charge in [-0.05, 0) is 19.8 Å². The molecule has 5 nitrogen and oxygen atoms in total. The molecular formula is C9H19N3O2. The number of amides is 3. The molecule has 0 aliphatic rings. The van der Waals surface area contributed by atoms with Crippen molar-refractivity contribution < 1.29 is 9.59 Å². The van der Waals surface area contributed by atoms with Crippen molar-refractivity contribution in [3.05, 3.63) is 0 Å². The highest BCUT2D eigenvalue weighted by molar-refractivity contribution is 5.94. The minimum absolute atomic E-state index is 0.0605. The second-order valence-electron chi connectivity index (χ2n) is 3.53. The van der Waals surface area contributed by atoms with Gasteiger partial charge in [-0.15, -0.1) is 0 Å². The molecule has 4 N–H and O–H groups in total. The Labute approximate surface area is 84.4 Å². The molecule has 82 valence electrons. The molecular weight excluding hydrogens is 182 g/mol. The number of primary amides is 1. The highest BCUT2D eigenvalue weighted by Gasteiger charge is 2.19. The molecule has 0 bridgehead atoms. The van der Waals surface area contributed by atoms with Crippen LogP contribution in [0.4, 0.5) is 4.79 Å². The van der Waals surface area contributed by atoms with Gasteiger partial charge in [0, 0.05) is 5.54 Å². The summed E-state index contributed by atoms with van der Waals surface area (Å²) >= 11 is 0. The number of carbonyl (C=O) groups is 2. The number of nitrogens with one attached hydrogen (secondary N) is 2. The van der Waals surface area contributed by atoms with Crippen molar-refractivity contribution in [1.29, 1.82) is 0 Å². The quantitative estimate of drug-likeness (QED) is 0.600. The first-order valence-corrected chi connectivity index (χ1v) is 4.78. The van der Waals surface area contributed by atoms with E-state index in [-0.39, 0.29) is 12.1 Å². The van der Waals surface area contributed by atoms with Gasteiger partial charge in [-0.1, -0.05) is 13.8 Å². The van der Waals surface area contributed by atoms with Gasteiger partial charge >= 0.3 is 6.03 Å². The number of carbonyl (C=O) groups excluding carboxylic acids is 2. The third kappa shape index (κ3) is 4.81. The van der Waals surface area contributed by atoms with Crippen molar-refractivity contribution in [3.63, 3.8) is 0 Å². The van der Waals surface area contributed by atoms with E-state index in [0.717, 1.165) is 12.8 Å². The molecule has 0 aliphatic heterocycles. The molecule has 5 heteroatoms. The lowest BCUT2D eigenvalue weighted by Gasteiger charge is -2.27. The third-order valence-electron chi connectivity index (χ3n) is 2.50. The zero-order valence-electron chi connectivity index (χ0n) is 9.02. The van der Waals surface area contributed by atoms with E-state index in [9.17, 15) is 9.59 Å². The number of imide groups is 1. The Balaban J connectivity index is 3.92. The van der Waals surface area contributed by atoms with Crippen LogP contribution in [0, 0.1) is 0 Å². The van der Waals surface area contributed by atoms with Gasteiger partial charge in [0.15, 0.2) is 0 Å². The summed E-state index contributed by atoms with van der Waals surface area (Å²) in [4.78, 5) is 21.4. The Morgan fingerprint density at radius 2 is 1.79 bits per heavy atom. The van der Waals surface area contributed by atoms with E-state index >= 15 is 0 Å². The first-order chi connectivity index (χ1) is 6.43. The van der Waals surface area contributed by atoms with Crippen LogP contribution in [0.3, 0.4) is 0 Å². The van der Waals surface area contributed by atoms with Gasteiger partial charge in [0.25, 0.3) is 0 Å². The zero-order chi connectivity index (χ0) is 11.2. The van der Waals surface area contributed by atoms with Crippen molar-refractivity contribution >= 4 is 11.9 Å². The van der Waals surface area contributed by atoms with E-state index in [1.54, 1.807) is 0 Å². The Hall–Kier alpha value is -1.10. The third-order valence-corrected chi connectivity index (χ3v) is 2.50. The Kier molecular flexibility index (Phi) is 5.15. The molecule has 0 atom stereocenters. The fourth-order valence-electron chi connectivity index (χ4n) is 0.975. The lowest BCUT2D eigenvalue weighted by atomic mass is 9.96. The molecule has 0 saturated heterocycles. The highest BCUT2D eigenvalue weighted by atomic mass is 16.2. The van der Waals surface area contributed by atoms with Crippen molar-refractivity contribution in [2.24, 2.45) is 5.73 Å². The number of hydrogen-bond donors (Lipinski definition) is 3. The average Bonchev–Trinajstić information content (AvgIpc) is 2.13. The maximum Gasteiger partial charge on any atom is 0.318 e. The maximum absolute atomic E-state index is 11.1. The molecule has 0 aromatic rings. The largest absolute Gasteiger partial charge is 0.351 e. The molecule has 0 aromatic heterocycles. The minimum Gasteiger partial charge on any atom is -0.351 e. The lowest BCUT2D eigenvalue weighted by Crippen LogP contribution is -2.48. The number of rotatable bonds is 5. The summed E-state index contributed by atoms with van der Waals surface area (Å²) < 4.78 is 0. The van der Waals surface area contributed by atoms with Crippen molar-refractivity contribution in [2.45, 2.75) is 39.2 Å². The number of nitrogens with two attached hydrogens (primary N) is 1. The van der Waals surface area contributed by atoms with Crippen LogP contribution in [0.5, 0.6) is 0 Å². The fraction of sp³-hybridized carbons (Fsp3) is 0.778. The van der Waals surface area contributed by atoms with Gasteiger partial charge < -0.3 is 11.1 Å². The summed E-state index contributed by atoms with van der Waals surface area (Å²) in [6, 6.07) is -0.813. The summed E-state index contributed by atoms with van der Waals surface area (Å²) in [7, 11) is 0. The van der Waals surface area contributed by atoms with Crippen molar-refractivity contribution in [3.8, 4) is 0 Å². The van der Waals surface area contributed by atoms with Crippen LogP contribution in [-0.2, 0) is 4.79 Å². The van der Waals surface area contributed by atoms with Gasteiger partial charge in [-0.25, -0.2) is 4.79 Å². The van der Waals surface area contributed by atoms with Crippen molar-refractivity contribution in [2.75, 3.05) is 6.54 Å². The predicted octanol–water partition coefficient (Wildman–Crippen LogP) is 0.350. The van der Waals surface area contributed by atoms with Gasteiger partial charge in [-0.3, -0.25) is 10.1 Å². The monoisotopic (exact) mass is 201 g/mol. The van der Waals surface area contributed by atoms with E-state index in [0.29, 0.717) is 0 Å². The van der Waals surface area contributed by atoms with Crippen molar-refractivity contribution in [1.82, 2.24) is 10.6 Å². The summed E-state index contributed by atoms with van der Waals surface area (Å²) in [6.45, 7) is 6.23. The summed E-state index contributed by atoms with van der Waals surface area (Å²) in [5.74, 6) is -0.398. The first kappa shape index (κ1) is 12.9. The topological polar surface area (TPSA) is 84.2 Å². The normalized spacial score (nSPS) is 11.1. The number of hydrogen-bond acceptors (Lipinski definition) is 3. The second kappa shape index (κ2) is 5.59. The van der Waals surface area contributed by atoms with Crippen LogP contribution in [0.15, 0.2) is 0 Å². The lowest BCUT2D eigenvalue weighted by molar-refractivity contribution is -0.119. The molecule has 0 fully saturated rings. The summed E-state index contributed by atoms with van der Waals surface area (Å²) in [6.07, 6.45) is 1.85. The fourth-order valence-corrected chi connectivity index (χ4v) is 0.975. The molecule has 0 rings (SSSR count). The summed E-state index contributed by atoms with van der Waals surface area (Å²) in [5, 5.41) is 5.08. The Morgan fingerprint density at radius 1 is 1.29 bits per heavy atom. The smallest absolute Gasteiger partial charge is 0.318 e. The molecule has 0 spiro atoms. The average molecular weight is 201 g/mol. The molecule has 0 aromatic carbocycles. The van der Waals surface area contributed by atoms with Gasteiger partial charge in [0.05, 0.1) is 6.54 Å². The standard InChI is InChI=1S/C9H19N3O2/c1-4-9(3,5-2)11-6-7(13)12-8(10)14/h11H,4-6H2,1-3H3,(H3,10,12,13,14). The number of urea groups is 1. The predicted molar refractivity (Wildman–Crippen MR) is 54.7 cm³/mol. The highest BCUT2D eigenvalue weighted by Crippen LogP contribution is 2.12. The van der Waals surface area contributed by atoms with E-state index in [2.05, 4.69) is 5.32 Å². The van der Waals surface area contributed by atoms with Gasteiger partial charge in [0.2, 0.25) is 5.91 Å². The zero-order valence-corrected chi connectivity index (χ0v) is 9.02. The van der Waals surface area contributed by atoms with Crippen LogP contribution in [0.25, 0.3) is 0 Å². The first-order valence-electron chi connectivity index (χ1n) is 4.78. The van der Waals surface area contributed by atoms with Crippen LogP contribution >= 0.6 is 0 Å². The molecule has 0 aliphatic carbocycles. The van der Waals surface area contributed by atoms with Gasteiger partial charge in [-0.2, -0.15) is 0 Å².